The second-order valence-corrected chi connectivity index (χ2v) is 9.23. The van der Waals surface area contributed by atoms with E-state index in [1.807, 2.05) is 26.0 Å². The van der Waals surface area contributed by atoms with Crippen LogP contribution in [0.5, 0.6) is 0 Å². The number of aromatic nitrogens is 3. The van der Waals surface area contributed by atoms with E-state index in [1.165, 1.54) is 4.88 Å². The lowest BCUT2D eigenvalue weighted by molar-refractivity contribution is 0.0932. The molecule has 0 radical (unpaired) electrons. The fourth-order valence-electron chi connectivity index (χ4n) is 4.03. The summed E-state index contributed by atoms with van der Waals surface area (Å²) >= 11 is 1.65. The van der Waals surface area contributed by atoms with E-state index in [2.05, 4.69) is 30.1 Å². The molecule has 3 aromatic rings. The molecule has 176 valence electrons. The van der Waals surface area contributed by atoms with Gasteiger partial charge >= 0.3 is 0 Å². The SMILES string of the molecule is CCc1nc2sc(CN3CCN(c4ccc(C(=O)NCCOC)nc4C)CC3)cc2[nH]c1=O. The van der Waals surface area contributed by atoms with Crippen LogP contribution in [-0.2, 0) is 17.7 Å². The molecule has 3 aromatic heterocycles. The summed E-state index contributed by atoms with van der Waals surface area (Å²) in [6, 6.07) is 5.82. The van der Waals surface area contributed by atoms with Gasteiger partial charge in [-0.05, 0) is 31.5 Å². The van der Waals surface area contributed by atoms with Crippen LogP contribution in [0.25, 0.3) is 10.3 Å². The molecule has 0 bridgehead atoms. The molecule has 9 nitrogen and oxygen atoms in total. The first kappa shape index (κ1) is 23.3. The van der Waals surface area contributed by atoms with Gasteiger partial charge in [-0.25, -0.2) is 9.97 Å². The number of pyridine rings is 1. The molecule has 0 aliphatic carbocycles. The largest absolute Gasteiger partial charge is 0.383 e. The summed E-state index contributed by atoms with van der Waals surface area (Å²) < 4.78 is 4.96. The molecule has 0 saturated carbocycles. The lowest BCUT2D eigenvalue weighted by Gasteiger charge is -2.36. The number of carbonyl (C=O) groups excluding carboxylic acids is 1. The molecule has 0 aromatic carbocycles. The maximum atomic E-state index is 12.2. The van der Waals surface area contributed by atoms with Crippen molar-refractivity contribution in [1.29, 1.82) is 0 Å². The minimum Gasteiger partial charge on any atom is -0.383 e. The molecule has 0 unspecified atom stereocenters. The molecule has 33 heavy (non-hydrogen) atoms. The molecule has 0 spiro atoms. The Hall–Kier alpha value is -2.82. The van der Waals surface area contributed by atoms with E-state index in [0.29, 0.717) is 31.0 Å². The Balaban J connectivity index is 1.35. The minimum absolute atomic E-state index is 0.0922. The number of aromatic amines is 1. The second kappa shape index (κ2) is 10.4. The molecule has 4 rings (SSSR count). The Morgan fingerprint density at radius 1 is 1.24 bits per heavy atom. The molecular formula is C23H30N6O3S. The number of H-pyrrole nitrogens is 1. The molecule has 2 N–H and O–H groups in total. The summed E-state index contributed by atoms with van der Waals surface area (Å²) in [4.78, 5) is 43.1. The Morgan fingerprint density at radius 3 is 2.73 bits per heavy atom. The Morgan fingerprint density at radius 2 is 2.03 bits per heavy atom. The third kappa shape index (κ3) is 5.40. The Kier molecular flexibility index (Phi) is 7.36. The maximum absolute atomic E-state index is 12.2. The first-order valence-electron chi connectivity index (χ1n) is 11.2. The van der Waals surface area contributed by atoms with E-state index in [1.54, 1.807) is 24.5 Å². The van der Waals surface area contributed by atoms with Crippen LogP contribution in [0, 0.1) is 6.92 Å². The second-order valence-electron chi connectivity index (χ2n) is 8.11. The highest BCUT2D eigenvalue weighted by molar-refractivity contribution is 7.18. The van der Waals surface area contributed by atoms with Crippen molar-refractivity contribution in [3.05, 3.63) is 50.5 Å². The van der Waals surface area contributed by atoms with Gasteiger partial charge in [0.2, 0.25) is 0 Å². The summed E-state index contributed by atoms with van der Waals surface area (Å²) in [5, 5.41) is 2.80. The van der Waals surface area contributed by atoms with Crippen molar-refractivity contribution in [2.75, 3.05) is 51.3 Å². The van der Waals surface area contributed by atoms with Crippen LogP contribution < -0.4 is 15.8 Å². The van der Waals surface area contributed by atoms with Gasteiger partial charge in [0.25, 0.3) is 11.5 Å². The number of rotatable bonds is 8. The Bertz CT molecular complexity index is 1180. The molecule has 0 atom stereocenters. The zero-order valence-electron chi connectivity index (χ0n) is 19.3. The van der Waals surface area contributed by atoms with Crippen LogP contribution in [0.15, 0.2) is 23.0 Å². The molecular weight excluding hydrogens is 440 g/mol. The number of hydrogen-bond acceptors (Lipinski definition) is 8. The average molecular weight is 471 g/mol. The average Bonchev–Trinajstić information content (AvgIpc) is 3.20. The van der Waals surface area contributed by atoms with Crippen molar-refractivity contribution in [3.8, 4) is 0 Å². The monoisotopic (exact) mass is 470 g/mol. The number of piperazine rings is 1. The number of hydrogen-bond donors (Lipinski definition) is 2. The van der Waals surface area contributed by atoms with E-state index < -0.39 is 0 Å². The van der Waals surface area contributed by atoms with Gasteiger partial charge in [0.05, 0.1) is 23.5 Å². The number of anilines is 1. The first-order valence-corrected chi connectivity index (χ1v) is 12.0. The Labute approximate surface area is 196 Å². The zero-order valence-corrected chi connectivity index (χ0v) is 20.1. The smallest absolute Gasteiger partial charge is 0.270 e. The predicted molar refractivity (Wildman–Crippen MR) is 130 cm³/mol. The lowest BCUT2D eigenvalue weighted by Crippen LogP contribution is -2.46. The van der Waals surface area contributed by atoms with Crippen molar-refractivity contribution < 1.29 is 9.53 Å². The topological polar surface area (TPSA) is 103 Å². The normalized spacial score (nSPS) is 14.7. The maximum Gasteiger partial charge on any atom is 0.270 e. The van der Waals surface area contributed by atoms with E-state index in [4.69, 9.17) is 4.74 Å². The molecule has 1 amide bonds. The van der Waals surface area contributed by atoms with E-state index in [9.17, 15) is 9.59 Å². The van der Waals surface area contributed by atoms with E-state index >= 15 is 0 Å². The van der Waals surface area contributed by atoms with Crippen LogP contribution in [0.4, 0.5) is 5.69 Å². The van der Waals surface area contributed by atoms with Crippen LogP contribution in [0.3, 0.4) is 0 Å². The third-order valence-corrected chi connectivity index (χ3v) is 6.83. The summed E-state index contributed by atoms with van der Waals surface area (Å²) in [5.74, 6) is -0.184. The van der Waals surface area contributed by atoms with Gasteiger partial charge in [0.1, 0.15) is 16.2 Å². The van der Waals surface area contributed by atoms with Crippen LogP contribution >= 0.6 is 11.3 Å². The summed E-state index contributed by atoms with van der Waals surface area (Å²) in [7, 11) is 1.60. The van der Waals surface area contributed by atoms with E-state index in [-0.39, 0.29) is 11.5 Å². The van der Waals surface area contributed by atoms with Crippen molar-refractivity contribution >= 4 is 33.3 Å². The van der Waals surface area contributed by atoms with Crippen molar-refractivity contribution in [3.63, 3.8) is 0 Å². The van der Waals surface area contributed by atoms with Crippen LogP contribution in [0.2, 0.25) is 0 Å². The van der Waals surface area contributed by atoms with Crippen LogP contribution in [-0.4, -0.2) is 72.2 Å². The predicted octanol–water partition coefficient (Wildman–Crippen LogP) is 1.95. The fourth-order valence-corrected chi connectivity index (χ4v) is 5.08. The summed E-state index contributed by atoms with van der Waals surface area (Å²) in [5.41, 5.74) is 3.67. The molecule has 4 heterocycles. The summed E-state index contributed by atoms with van der Waals surface area (Å²) in [6.45, 7) is 9.31. The molecule has 1 fully saturated rings. The van der Waals surface area contributed by atoms with Gasteiger partial charge in [-0.15, -0.1) is 11.3 Å². The van der Waals surface area contributed by atoms with Crippen molar-refractivity contribution in [2.24, 2.45) is 0 Å². The van der Waals surface area contributed by atoms with Crippen molar-refractivity contribution in [2.45, 2.75) is 26.8 Å². The molecule has 1 aliphatic heterocycles. The van der Waals surface area contributed by atoms with Gasteiger partial charge in [-0.2, -0.15) is 0 Å². The standard InChI is InChI=1S/C23H30N6O3S/c1-4-17-22(31)26-19-13-16(33-23(19)27-17)14-28-8-10-29(11-9-28)20-6-5-18(25-15(20)2)21(30)24-7-12-32-3/h5-6,13H,4,7-12,14H2,1-3H3,(H,24,30)(H,26,31). The quantitative estimate of drug-likeness (QED) is 0.485. The highest BCUT2D eigenvalue weighted by Gasteiger charge is 2.21. The number of amides is 1. The van der Waals surface area contributed by atoms with Gasteiger partial charge in [0.15, 0.2) is 0 Å². The molecule has 1 aliphatic rings. The number of nitrogens with zero attached hydrogens (tertiary/aromatic N) is 4. The highest BCUT2D eigenvalue weighted by Crippen LogP contribution is 2.25. The number of ether oxygens (including phenoxy) is 1. The fraction of sp³-hybridized carbons (Fsp3) is 0.478. The number of fused-ring (bicyclic) bond motifs is 1. The third-order valence-electron chi connectivity index (χ3n) is 5.82. The van der Waals surface area contributed by atoms with Crippen LogP contribution in [0.1, 0.15) is 33.7 Å². The van der Waals surface area contributed by atoms with E-state index in [0.717, 1.165) is 54.5 Å². The van der Waals surface area contributed by atoms with Crippen molar-refractivity contribution in [1.82, 2.24) is 25.2 Å². The number of nitrogens with one attached hydrogen (secondary N) is 2. The number of thiophene rings is 1. The number of carbonyl (C=O) groups is 1. The minimum atomic E-state index is -0.184. The highest BCUT2D eigenvalue weighted by atomic mass is 32.1. The number of aryl methyl sites for hydroxylation is 2. The zero-order chi connectivity index (χ0) is 23.4. The number of methoxy groups -OCH3 is 1. The molecule has 10 heteroatoms. The van der Waals surface area contributed by atoms with Gasteiger partial charge in [-0.3, -0.25) is 14.5 Å². The summed E-state index contributed by atoms with van der Waals surface area (Å²) in [6.07, 6.45) is 0.633. The lowest BCUT2D eigenvalue weighted by atomic mass is 10.2. The van der Waals surface area contributed by atoms with Gasteiger partial charge < -0.3 is 19.9 Å². The molecule has 1 saturated heterocycles. The first-order chi connectivity index (χ1) is 16.0. The van der Waals surface area contributed by atoms with Gasteiger partial charge in [0, 0.05) is 51.3 Å². The van der Waals surface area contributed by atoms with Gasteiger partial charge in [-0.1, -0.05) is 6.92 Å².